The predicted molar refractivity (Wildman–Crippen MR) is 75.9 cm³/mol. The highest BCUT2D eigenvalue weighted by atomic mass is 79.9. The highest BCUT2D eigenvalue weighted by Gasteiger charge is 2.05. The third kappa shape index (κ3) is 2.98. The molecule has 2 rings (SSSR count). The second-order valence-corrected chi connectivity index (χ2v) is 5.31. The van der Waals surface area contributed by atoms with Crippen LogP contribution in [0.25, 0.3) is 0 Å². The maximum Gasteiger partial charge on any atom is 0.146 e. The summed E-state index contributed by atoms with van der Waals surface area (Å²) in [5.41, 5.74) is 7.44. The van der Waals surface area contributed by atoms with Gasteiger partial charge in [0.2, 0.25) is 0 Å². The lowest BCUT2D eigenvalue weighted by Gasteiger charge is -2.10. The number of nitrogens with two attached hydrogens (primary N) is 1. The Hall–Kier alpha value is -1.07. The van der Waals surface area contributed by atoms with Gasteiger partial charge in [-0.1, -0.05) is 31.9 Å². The summed E-state index contributed by atoms with van der Waals surface area (Å²) in [4.78, 5) is 0. The first-order valence-corrected chi connectivity index (χ1v) is 6.42. The summed E-state index contributed by atoms with van der Waals surface area (Å²) < 4.78 is 15.2. The zero-order valence-electron chi connectivity index (χ0n) is 8.68. The topological polar surface area (TPSA) is 38.0 Å². The Morgan fingerprint density at radius 1 is 0.941 bits per heavy atom. The van der Waals surface area contributed by atoms with Gasteiger partial charge in [-0.05, 0) is 36.4 Å². The van der Waals surface area contributed by atoms with E-state index in [0.29, 0.717) is 17.1 Å². The fraction of sp³-hybridized carbons (Fsp3) is 0. The van der Waals surface area contributed by atoms with Gasteiger partial charge < -0.3 is 11.1 Å². The SMILES string of the molecule is Nc1cc(Br)ccc1Nc1cc(Br)ccc1F. The van der Waals surface area contributed by atoms with E-state index in [1.807, 2.05) is 6.07 Å². The second kappa shape index (κ2) is 5.06. The average Bonchev–Trinajstić information content (AvgIpc) is 2.27. The molecule has 0 aliphatic rings. The third-order valence-electron chi connectivity index (χ3n) is 2.21. The van der Waals surface area contributed by atoms with E-state index >= 15 is 0 Å². The molecule has 2 aromatic carbocycles. The molecule has 0 bridgehead atoms. The van der Waals surface area contributed by atoms with Gasteiger partial charge in [-0.3, -0.25) is 0 Å². The minimum Gasteiger partial charge on any atom is -0.397 e. The fourth-order valence-electron chi connectivity index (χ4n) is 1.39. The second-order valence-electron chi connectivity index (χ2n) is 3.48. The average molecular weight is 360 g/mol. The van der Waals surface area contributed by atoms with Gasteiger partial charge in [-0.2, -0.15) is 0 Å². The van der Waals surface area contributed by atoms with E-state index in [-0.39, 0.29) is 5.82 Å². The predicted octanol–water partition coefficient (Wildman–Crippen LogP) is 4.68. The summed E-state index contributed by atoms with van der Waals surface area (Å²) in [6, 6.07) is 10.1. The number of nitrogens with one attached hydrogen (secondary N) is 1. The summed E-state index contributed by atoms with van der Waals surface area (Å²) in [7, 11) is 0. The summed E-state index contributed by atoms with van der Waals surface area (Å²) >= 11 is 6.61. The minimum atomic E-state index is -0.324. The first kappa shape index (κ1) is 12.4. The van der Waals surface area contributed by atoms with Gasteiger partial charge in [-0.15, -0.1) is 0 Å². The van der Waals surface area contributed by atoms with Gasteiger partial charge >= 0.3 is 0 Å². The van der Waals surface area contributed by atoms with Gasteiger partial charge in [0.05, 0.1) is 17.1 Å². The van der Waals surface area contributed by atoms with Crippen LogP contribution in [0, 0.1) is 5.82 Å². The van der Waals surface area contributed by atoms with Crippen LogP contribution in [0.4, 0.5) is 21.5 Å². The Morgan fingerprint density at radius 2 is 1.59 bits per heavy atom. The molecule has 0 aliphatic heterocycles. The molecule has 0 saturated heterocycles. The number of anilines is 3. The molecule has 3 N–H and O–H groups in total. The van der Waals surface area contributed by atoms with Crippen LogP contribution in [0.3, 0.4) is 0 Å². The van der Waals surface area contributed by atoms with Crippen molar-refractivity contribution in [3.8, 4) is 0 Å². The summed E-state index contributed by atoms with van der Waals surface area (Å²) in [6.07, 6.45) is 0. The van der Waals surface area contributed by atoms with E-state index in [1.165, 1.54) is 6.07 Å². The molecule has 0 aliphatic carbocycles. The van der Waals surface area contributed by atoms with Crippen LogP contribution in [-0.2, 0) is 0 Å². The molecule has 88 valence electrons. The lowest BCUT2D eigenvalue weighted by atomic mass is 10.2. The number of rotatable bonds is 2. The molecule has 0 aromatic heterocycles. The Balaban J connectivity index is 2.34. The quantitative estimate of drug-likeness (QED) is 0.764. The van der Waals surface area contributed by atoms with Gasteiger partial charge in [0.1, 0.15) is 5.82 Å². The molecule has 2 nitrogen and oxygen atoms in total. The van der Waals surface area contributed by atoms with Crippen LogP contribution in [0.1, 0.15) is 0 Å². The van der Waals surface area contributed by atoms with Crippen LogP contribution in [0.5, 0.6) is 0 Å². The molecule has 0 amide bonds. The van der Waals surface area contributed by atoms with E-state index in [4.69, 9.17) is 5.73 Å². The monoisotopic (exact) mass is 358 g/mol. The molecule has 0 atom stereocenters. The third-order valence-corrected chi connectivity index (χ3v) is 3.20. The molecule has 0 fully saturated rings. The van der Waals surface area contributed by atoms with Crippen molar-refractivity contribution in [1.82, 2.24) is 0 Å². The number of nitrogen functional groups attached to an aromatic ring is 1. The summed E-state index contributed by atoms with van der Waals surface area (Å²) in [5, 5.41) is 2.96. The smallest absolute Gasteiger partial charge is 0.146 e. The maximum absolute atomic E-state index is 13.5. The fourth-order valence-corrected chi connectivity index (χ4v) is 2.13. The van der Waals surface area contributed by atoms with Crippen LogP contribution >= 0.6 is 31.9 Å². The van der Waals surface area contributed by atoms with Crippen molar-refractivity contribution >= 4 is 48.9 Å². The van der Waals surface area contributed by atoms with Crippen molar-refractivity contribution in [3.63, 3.8) is 0 Å². The van der Waals surface area contributed by atoms with Crippen LogP contribution in [0.15, 0.2) is 45.3 Å². The van der Waals surface area contributed by atoms with Crippen molar-refractivity contribution in [2.45, 2.75) is 0 Å². The van der Waals surface area contributed by atoms with E-state index in [9.17, 15) is 4.39 Å². The molecular weight excluding hydrogens is 351 g/mol. The van der Waals surface area contributed by atoms with Crippen molar-refractivity contribution < 1.29 is 4.39 Å². The van der Waals surface area contributed by atoms with Crippen molar-refractivity contribution in [2.24, 2.45) is 0 Å². The molecule has 0 spiro atoms. The van der Waals surface area contributed by atoms with Crippen molar-refractivity contribution in [3.05, 3.63) is 51.2 Å². The van der Waals surface area contributed by atoms with Crippen molar-refractivity contribution in [2.75, 3.05) is 11.1 Å². The van der Waals surface area contributed by atoms with E-state index in [1.54, 1.807) is 24.3 Å². The van der Waals surface area contributed by atoms with Gasteiger partial charge in [0.15, 0.2) is 0 Å². The highest BCUT2D eigenvalue weighted by Crippen LogP contribution is 2.28. The summed E-state index contributed by atoms with van der Waals surface area (Å²) in [6.45, 7) is 0. The van der Waals surface area contributed by atoms with Crippen LogP contribution < -0.4 is 11.1 Å². The largest absolute Gasteiger partial charge is 0.397 e. The normalized spacial score (nSPS) is 10.3. The zero-order valence-corrected chi connectivity index (χ0v) is 11.8. The van der Waals surface area contributed by atoms with E-state index in [2.05, 4.69) is 37.2 Å². The minimum absolute atomic E-state index is 0.324. The van der Waals surface area contributed by atoms with Crippen LogP contribution in [-0.4, -0.2) is 0 Å². The lowest BCUT2D eigenvalue weighted by Crippen LogP contribution is -1.98. The Kier molecular flexibility index (Phi) is 3.69. The van der Waals surface area contributed by atoms with E-state index in [0.717, 1.165) is 8.95 Å². The van der Waals surface area contributed by atoms with Gasteiger partial charge in [0.25, 0.3) is 0 Å². The van der Waals surface area contributed by atoms with Crippen LogP contribution in [0.2, 0.25) is 0 Å². The molecule has 17 heavy (non-hydrogen) atoms. The Bertz CT molecular complexity index is 558. The summed E-state index contributed by atoms with van der Waals surface area (Å²) in [5.74, 6) is -0.324. The number of hydrogen-bond acceptors (Lipinski definition) is 2. The first-order chi connectivity index (χ1) is 8.06. The first-order valence-electron chi connectivity index (χ1n) is 4.83. The van der Waals surface area contributed by atoms with E-state index < -0.39 is 0 Å². The molecule has 0 unspecified atom stereocenters. The molecular formula is C12H9Br2FN2. The van der Waals surface area contributed by atoms with Gasteiger partial charge in [-0.25, -0.2) is 4.39 Å². The molecule has 0 radical (unpaired) electrons. The molecule has 2 aromatic rings. The lowest BCUT2D eigenvalue weighted by molar-refractivity contribution is 0.631. The number of benzene rings is 2. The zero-order chi connectivity index (χ0) is 12.4. The molecule has 0 saturated carbocycles. The highest BCUT2D eigenvalue weighted by molar-refractivity contribution is 9.10. The molecule has 5 heteroatoms. The molecule has 0 heterocycles. The maximum atomic E-state index is 13.5. The number of hydrogen-bond donors (Lipinski definition) is 2. The van der Waals surface area contributed by atoms with Gasteiger partial charge in [0, 0.05) is 8.95 Å². The standard InChI is InChI=1S/C12H9Br2FN2/c13-7-2-4-11(10(16)5-7)17-12-6-8(14)1-3-9(12)15/h1-6,17H,16H2. The Morgan fingerprint density at radius 3 is 2.29 bits per heavy atom. The number of halogens is 3. The van der Waals surface area contributed by atoms with Crippen molar-refractivity contribution in [1.29, 1.82) is 0 Å². The Labute approximate surface area is 115 Å².